The van der Waals surface area contributed by atoms with Gasteiger partial charge in [-0.05, 0) is 18.8 Å². The summed E-state index contributed by atoms with van der Waals surface area (Å²) in [7, 11) is 1.69. The van der Waals surface area contributed by atoms with Crippen molar-refractivity contribution < 1.29 is 9.47 Å². The van der Waals surface area contributed by atoms with Crippen LogP contribution in [0, 0.1) is 5.92 Å². The van der Waals surface area contributed by atoms with Crippen molar-refractivity contribution >= 4 is 11.6 Å². The molecule has 90 valence electrons. The second kappa shape index (κ2) is 8.34. The maximum absolute atomic E-state index is 5.90. The van der Waals surface area contributed by atoms with Gasteiger partial charge in [0, 0.05) is 25.6 Å². The number of hydrogen-bond donors (Lipinski definition) is 1. The minimum atomic E-state index is 0.605. The number of halogens is 1. The lowest BCUT2D eigenvalue weighted by atomic mass is 10.1. The summed E-state index contributed by atoms with van der Waals surface area (Å²) in [6.07, 6.45) is 3.83. The standard InChI is InChI=1S/C11H22ClNO2/c1-14-7-8-15-6-5-13-11-4-2-3-10(11)9-12/h10-11,13H,2-9H2,1H3. The molecule has 3 nitrogen and oxygen atoms in total. The van der Waals surface area contributed by atoms with Gasteiger partial charge in [-0.15, -0.1) is 11.6 Å². The van der Waals surface area contributed by atoms with Crippen molar-refractivity contribution in [3.05, 3.63) is 0 Å². The zero-order valence-electron chi connectivity index (χ0n) is 9.51. The molecule has 1 aliphatic carbocycles. The Balaban J connectivity index is 1.95. The summed E-state index contributed by atoms with van der Waals surface area (Å²) in [6, 6.07) is 0.605. The molecule has 1 rings (SSSR count). The van der Waals surface area contributed by atoms with Gasteiger partial charge in [-0.3, -0.25) is 0 Å². The molecule has 0 aromatic carbocycles. The monoisotopic (exact) mass is 235 g/mol. The van der Waals surface area contributed by atoms with E-state index in [0.29, 0.717) is 25.2 Å². The summed E-state index contributed by atoms with van der Waals surface area (Å²) >= 11 is 5.90. The molecule has 1 N–H and O–H groups in total. The van der Waals surface area contributed by atoms with Crippen LogP contribution in [0.15, 0.2) is 0 Å². The Labute approximate surface area is 97.5 Å². The number of nitrogens with one attached hydrogen (secondary N) is 1. The molecule has 0 radical (unpaired) electrons. The molecular formula is C11H22ClNO2. The zero-order valence-corrected chi connectivity index (χ0v) is 10.3. The fourth-order valence-electron chi connectivity index (χ4n) is 2.05. The van der Waals surface area contributed by atoms with Gasteiger partial charge in [0.2, 0.25) is 0 Å². The van der Waals surface area contributed by atoms with Crippen LogP contribution in [0.25, 0.3) is 0 Å². The summed E-state index contributed by atoms with van der Waals surface area (Å²) in [5.41, 5.74) is 0. The third-order valence-corrected chi connectivity index (χ3v) is 3.34. The van der Waals surface area contributed by atoms with Gasteiger partial charge in [-0.1, -0.05) is 6.42 Å². The summed E-state index contributed by atoms with van der Waals surface area (Å²) in [5, 5.41) is 3.51. The van der Waals surface area contributed by atoms with E-state index in [2.05, 4.69) is 5.32 Å². The predicted molar refractivity (Wildman–Crippen MR) is 62.5 cm³/mol. The van der Waals surface area contributed by atoms with Crippen molar-refractivity contribution in [1.82, 2.24) is 5.32 Å². The van der Waals surface area contributed by atoms with E-state index in [0.717, 1.165) is 19.0 Å². The minimum Gasteiger partial charge on any atom is -0.382 e. The van der Waals surface area contributed by atoms with Crippen LogP contribution in [0.3, 0.4) is 0 Å². The Morgan fingerprint density at radius 1 is 1.27 bits per heavy atom. The molecule has 0 bridgehead atoms. The molecule has 0 aromatic heterocycles. The fourth-order valence-corrected chi connectivity index (χ4v) is 2.42. The first kappa shape index (κ1) is 13.2. The van der Waals surface area contributed by atoms with Gasteiger partial charge in [-0.25, -0.2) is 0 Å². The Hall–Kier alpha value is 0.170. The van der Waals surface area contributed by atoms with Gasteiger partial charge in [0.05, 0.1) is 19.8 Å². The third-order valence-electron chi connectivity index (χ3n) is 2.94. The summed E-state index contributed by atoms with van der Waals surface area (Å²) in [4.78, 5) is 0. The second-order valence-electron chi connectivity index (χ2n) is 4.01. The molecule has 4 heteroatoms. The molecule has 0 spiro atoms. The van der Waals surface area contributed by atoms with Crippen molar-refractivity contribution in [2.45, 2.75) is 25.3 Å². The maximum atomic E-state index is 5.90. The Morgan fingerprint density at radius 3 is 2.87 bits per heavy atom. The number of methoxy groups -OCH3 is 1. The summed E-state index contributed by atoms with van der Waals surface area (Å²) < 4.78 is 10.3. The van der Waals surface area contributed by atoms with Gasteiger partial charge >= 0.3 is 0 Å². The lowest BCUT2D eigenvalue weighted by Gasteiger charge is -2.18. The smallest absolute Gasteiger partial charge is 0.0700 e. The zero-order chi connectivity index (χ0) is 10.9. The van der Waals surface area contributed by atoms with E-state index in [-0.39, 0.29) is 0 Å². The molecule has 15 heavy (non-hydrogen) atoms. The highest BCUT2D eigenvalue weighted by molar-refractivity contribution is 6.18. The molecule has 0 aliphatic heterocycles. The van der Waals surface area contributed by atoms with E-state index < -0.39 is 0 Å². The second-order valence-corrected chi connectivity index (χ2v) is 4.32. The molecule has 0 amide bonds. The maximum Gasteiger partial charge on any atom is 0.0700 e. The van der Waals surface area contributed by atoms with Crippen molar-refractivity contribution in [3.63, 3.8) is 0 Å². The first-order valence-electron chi connectivity index (χ1n) is 5.74. The van der Waals surface area contributed by atoms with Crippen LogP contribution in [-0.2, 0) is 9.47 Å². The predicted octanol–water partition coefficient (Wildman–Crippen LogP) is 1.65. The summed E-state index contributed by atoms with van der Waals surface area (Å²) in [6.45, 7) is 3.03. The molecule has 2 atom stereocenters. The van der Waals surface area contributed by atoms with Crippen molar-refractivity contribution in [2.75, 3.05) is 39.4 Å². The van der Waals surface area contributed by atoms with Gasteiger partial charge in [0.15, 0.2) is 0 Å². The van der Waals surface area contributed by atoms with Crippen molar-refractivity contribution in [1.29, 1.82) is 0 Å². The molecule has 0 heterocycles. The molecule has 0 saturated heterocycles. The highest BCUT2D eigenvalue weighted by atomic mass is 35.5. The van der Waals surface area contributed by atoms with Crippen LogP contribution in [-0.4, -0.2) is 45.4 Å². The van der Waals surface area contributed by atoms with E-state index >= 15 is 0 Å². The van der Waals surface area contributed by atoms with Gasteiger partial charge in [-0.2, -0.15) is 0 Å². The minimum absolute atomic E-state index is 0.605. The number of hydrogen-bond acceptors (Lipinski definition) is 3. The van der Waals surface area contributed by atoms with Crippen LogP contribution in [0.5, 0.6) is 0 Å². The molecular weight excluding hydrogens is 214 g/mol. The van der Waals surface area contributed by atoms with E-state index in [1.807, 2.05) is 0 Å². The Morgan fingerprint density at radius 2 is 2.13 bits per heavy atom. The van der Waals surface area contributed by atoms with Crippen LogP contribution < -0.4 is 5.32 Å². The van der Waals surface area contributed by atoms with E-state index in [4.69, 9.17) is 21.1 Å². The van der Waals surface area contributed by atoms with Gasteiger partial charge in [0.1, 0.15) is 0 Å². The molecule has 1 fully saturated rings. The summed E-state index contributed by atoms with van der Waals surface area (Å²) in [5.74, 6) is 1.44. The first-order chi connectivity index (χ1) is 7.38. The largest absolute Gasteiger partial charge is 0.382 e. The topological polar surface area (TPSA) is 30.5 Å². The highest BCUT2D eigenvalue weighted by Crippen LogP contribution is 2.26. The van der Waals surface area contributed by atoms with E-state index in [1.165, 1.54) is 19.3 Å². The molecule has 1 aliphatic rings. The quantitative estimate of drug-likeness (QED) is 0.513. The average molecular weight is 236 g/mol. The number of ether oxygens (including phenoxy) is 2. The van der Waals surface area contributed by atoms with Crippen LogP contribution in [0.2, 0.25) is 0 Å². The third kappa shape index (κ3) is 5.16. The van der Waals surface area contributed by atoms with Crippen LogP contribution in [0.4, 0.5) is 0 Å². The van der Waals surface area contributed by atoms with Crippen molar-refractivity contribution in [3.8, 4) is 0 Å². The SMILES string of the molecule is COCCOCCNC1CCCC1CCl. The van der Waals surface area contributed by atoms with E-state index in [1.54, 1.807) is 7.11 Å². The Bertz CT molecular complexity index is 158. The van der Waals surface area contributed by atoms with Crippen LogP contribution >= 0.6 is 11.6 Å². The first-order valence-corrected chi connectivity index (χ1v) is 6.28. The van der Waals surface area contributed by atoms with Crippen molar-refractivity contribution in [2.24, 2.45) is 5.92 Å². The van der Waals surface area contributed by atoms with Crippen LogP contribution in [0.1, 0.15) is 19.3 Å². The van der Waals surface area contributed by atoms with Gasteiger partial charge in [0.25, 0.3) is 0 Å². The fraction of sp³-hybridized carbons (Fsp3) is 1.00. The van der Waals surface area contributed by atoms with Gasteiger partial charge < -0.3 is 14.8 Å². The molecule has 1 saturated carbocycles. The average Bonchev–Trinajstić information content (AvgIpc) is 2.70. The highest BCUT2D eigenvalue weighted by Gasteiger charge is 2.25. The number of rotatable bonds is 8. The lowest BCUT2D eigenvalue weighted by molar-refractivity contribution is 0.0707. The van der Waals surface area contributed by atoms with E-state index in [9.17, 15) is 0 Å². The number of alkyl halides is 1. The molecule has 2 unspecified atom stereocenters. The normalized spacial score (nSPS) is 26.0. The Kier molecular flexibility index (Phi) is 7.36. The lowest BCUT2D eigenvalue weighted by Crippen LogP contribution is -2.35. The molecule has 0 aromatic rings.